The van der Waals surface area contributed by atoms with E-state index in [1.807, 2.05) is 0 Å². The Labute approximate surface area is 121 Å². The summed E-state index contributed by atoms with van der Waals surface area (Å²) in [6, 6.07) is 3.00. The van der Waals surface area contributed by atoms with E-state index in [2.05, 4.69) is 10.9 Å². The smallest absolute Gasteiger partial charge is 0.255 e. The molecule has 0 aliphatic heterocycles. The molecule has 108 valence electrons. The van der Waals surface area contributed by atoms with E-state index in [0.717, 1.165) is 12.1 Å². The minimum Gasteiger partial charge on any atom is -0.337 e. The predicted octanol–water partition coefficient (Wildman–Crippen LogP) is 1.97. The normalized spacial score (nSPS) is 10.2. The van der Waals surface area contributed by atoms with Gasteiger partial charge in [0.05, 0.1) is 13.1 Å². The highest BCUT2D eigenvalue weighted by Gasteiger charge is 2.18. The van der Waals surface area contributed by atoms with E-state index in [1.165, 1.54) is 11.0 Å². The molecule has 6 heteroatoms. The molecular formula is C15H13F2N3O. The Morgan fingerprint density at radius 1 is 1.43 bits per heavy atom. The van der Waals surface area contributed by atoms with Crippen LogP contribution < -0.4 is 0 Å². The predicted molar refractivity (Wildman–Crippen MR) is 73.1 cm³/mol. The number of imidazole rings is 1. The molecule has 0 saturated heterocycles. The van der Waals surface area contributed by atoms with Crippen molar-refractivity contribution < 1.29 is 13.6 Å². The molecular weight excluding hydrogens is 276 g/mol. The molecule has 1 aromatic heterocycles. The van der Waals surface area contributed by atoms with Crippen LogP contribution in [-0.2, 0) is 13.6 Å². The zero-order chi connectivity index (χ0) is 15.4. The first-order chi connectivity index (χ1) is 10.0. The van der Waals surface area contributed by atoms with E-state index in [1.54, 1.807) is 24.0 Å². The number of benzene rings is 1. The summed E-state index contributed by atoms with van der Waals surface area (Å²) in [5, 5.41) is 0. The van der Waals surface area contributed by atoms with Gasteiger partial charge in [-0.15, -0.1) is 6.42 Å². The standard InChI is InChI=1S/C15H13F2N3O/c1-3-7-20(10-14-18-6-8-19(14)2)15(21)11-4-5-12(16)13(17)9-11/h1,4-6,8-9H,7,10H2,2H3. The monoisotopic (exact) mass is 289 g/mol. The van der Waals surface area contributed by atoms with E-state index in [4.69, 9.17) is 6.42 Å². The number of hydrogen-bond acceptors (Lipinski definition) is 2. The van der Waals surface area contributed by atoms with Gasteiger partial charge < -0.3 is 9.47 Å². The molecule has 0 N–H and O–H groups in total. The van der Waals surface area contributed by atoms with Crippen LogP contribution in [0.1, 0.15) is 16.2 Å². The van der Waals surface area contributed by atoms with E-state index < -0.39 is 17.5 Å². The number of halogens is 2. The van der Waals surface area contributed by atoms with Crippen molar-refractivity contribution in [2.24, 2.45) is 7.05 Å². The molecule has 0 unspecified atom stereocenters. The first-order valence-corrected chi connectivity index (χ1v) is 6.17. The molecule has 1 amide bonds. The van der Waals surface area contributed by atoms with Gasteiger partial charge in [-0.3, -0.25) is 4.79 Å². The number of terminal acetylenes is 1. The Bertz CT molecular complexity index is 703. The van der Waals surface area contributed by atoms with Gasteiger partial charge in [-0.25, -0.2) is 13.8 Å². The van der Waals surface area contributed by atoms with Crippen LogP contribution in [0.5, 0.6) is 0 Å². The van der Waals surface area contributed by atoms with Crippen LogP contribution >= 0.6 is 0 Å². The summed E-state index contributed by atoms with van der Waals surface area (Å²) in [4.78, 5) is 17.8. The van der Waals surface area contributed by atoms with Gasteiger partial charge in [0.1, 0.15) is 5.82 Å². The first kappa shape index (κ1) is 14.7. The fraction of sp³-hybridized carbons (Fsp3) is 0.200. The third-order valence-electron chi connectivity index (χ3n) is 2.99. The molecule has 0 fully saturated rings. The Morgan fingerprint density at radius 3 is 2.76 bits per heavy atom. The van der Waals surface area contributed by atoms with E-state index in [-0.39, 0.29) is 18.7 Å². The van der Waals surface area contributed by atoms with Gasteiger partial charge >= 0.3 is 0 Å². The second-order valence-corrected chi connectivity index (χ2v) is 4.45. The van der Waals surface area contributed by atoms with E-state index in [0.29, 0.717) is 5.82 Å². The third kappa shape index (κ3) is 3.26. The van der Waals surface area contributed by atoms with Crippen molar-refractivity contribution in [3.05, 3.63) is 53.6 Å². The van der Waals surface area contributed by atoms with Crippen LogP contribution in [0.25, 0.3) is 0 Å². The third-order valence-corrected chi connectivity index (χ3v) is 2.99. The summed E-state index contributed by atoms with van der Waals surface area (Å²) < 4.78 is 27.9. The van der Waals surface area contributed by atoms with Gasteiger partial charge in [0, 0.05) is 25.0 Å². The van der Waals surface area contributed by atoms with Crippen molar-refractivity contribution in [1.29, 1.82) is 0 Å². The van der Waals surface area contributed by atoms with Crippen molar-refractivity contribution in [2.45, 2.75) is 6.54 Å². The summed E-state index contributed by atoms with van der Waals surface area (Å²) in [5.41, 5.74) is 0.0401. The molecule has 0 spiro atoms. The molecule has 0 saturated carbocycles. The molecule has 0 atom stereocenters. The van der Waals surface area contributed by atoms with Crippen molar-refractivity contribution in [3.8, 4) is 12.3 Å². The highest BCUT2D eigenvalue weighted by Crippen LogP contribution is 2.12. The molecule has 21 heavy (non-hydrogen) atoms. The van der Waals surface area contributed by atoms with Crippen molar-refractivity contribution in [1.82, 2.24) is 14.5 Å². The Morgan fingerprint density at radius 2 is 2.19 bits per heavy atom. The molecule has 1 aromatic carbocycles. The minimum absolute atomic E-state index is 0.0401. The van der Waals surface area contributed by atoms with Crippen LogP contribution in [0.2, 0.25) is 0 Å². The van der Waals surface area contributed by atoms with Crippen LogP contribution in [0, 0.1) is 24.0 Å². The SMILES string of the molecule is C#CCN(Cc1nccn1C)C(=O)c1ccc(F)c(F)c1. The van der Waals surface area contributed by atoms with Crippen LogP contribution in [0.15, 0.2) is 30.6 Å². The van der Waals surface area contributed by atoms with Gasteiger partial charge in [-0.05, 0) is 18.2 Å². The maximum atomic E-state index is 13.2. The lowest BCUT2D eigenvalue weighted by Gasteiger charge is -2.20. The number of nitrogens with zero attached hydrogens (tertiary/aromatic N) is 3. The lowest BCUT2D eigenvalue weighted by molar-refractivity contribution is 0.0760. The van der Waals surface area contributed by atoms with Gasteiger partial charge in [-0.2, -0.15) is 0 Å². The number of rotatable bonds is 4. The number of aryl methyl sites for hydroxylation is 1. The first-order valence-electron chi connectivity index (χ1n) is 6.17. The molecule has 2 rings (SSSR count). The quantitative estimate of drug-likeness (QED) is 0.807. The maximum Gasteiger partial charge on any atom is 0.255 e. The molecule has 0 radical (unpaired) electrons. The molecule has 0 aliphatic rings. The van der Waals surface area contributed by atoms with Gasteiger partial charge in [-0.1, -0.05) is 5.92 Å². The fourth-order valence-electron chi connectivity index (χ4n) is 1.84. The molecule has 0 aliphatic carbocycles. The highest BCUT2D eigenvalue weighted by molar-refractivity contribution is 5.94. The van der Waals surface area contributed by atoms with Gasteiger partial charge in [0.25, 0.3) is 5.91 Å². The van der Waals surface area contributed by atoms with E-state index >= 15 is 0 Å². The lowest BCUT2D eigenvalue weighted by atomic mass is 10.2. The van der Waals surface area contributed by atoms with Crippen LogP contribution in [0.4, 0.5) is 8.78 Å². The van der Waals surface area contributed by atoms with Crippen LogP contribution in [0.3, 0.4) is 0 Å². The molecule has 1 heterocycles. The Kier molecular flexibility index (Phi) is 4.33. The fourth-order valence-corrected chi connectivity index (χ4v) is 1.84. The van der Waals surface area contributed by atoms with Crippen molar-refractivity contribution in [3.63, 3.8) is 0 Å². The van der Waals surface area contributed by atoms with Crippen LogP contribution in [-0.4, -0.2) is 26.9 Å². The largest absolute Gasteiger partial charge is 0.337 e. The summed E-state index contributed by atoms with van der Waals surface area (Å²) in [5.74, 6) is 0.468. The number of aromatic nitrogens is 2. The second kappa shape index (κ2) is 6.18. The Hall–Kier alpha value is -2.68. The number of carbonyl (C=O) groups is 1. The minimum atomic E-state index is -1.07. The zero-order valence-corrected chi connectivity index (χ0v) is 11.4. The average Bonchev–Trinajstić information content (AvgIpc) is 2.86. The topological polar surface area (TPSA) is 38.1 Å². The molecule has 2 aromatic rings. The lowest BCUT2D eigenvalue weighted by Crippen LogP contribution is -2.32. The molecule has 4 nitrogen and oxygen atoms in total. The number of amides is 1. The Balaban J connectivity index is 2.25. The number of hydrogen-bond donors (Lipinski definition) is 0. The maximum absolute atomic E-state index is 13.2. The summed E-state index contributed by atoms with van der Waals surface area (Å²) in [7, 11) is 1.79. The second-order valence-electron chi connectivity index (χ2n) is 4.45. The van der Waals surface area contributed by atoms with Crippen molar-refractivity contribution >= 4 is 5.91 Å². The molecule has 0 bridgehead atoms. The van der Waals surface area contributed by atoms with E-state index in [9.17, 15) is 13.6 Å². The summed E-state index contributed by atoms with van der Waals surface area (Å²) in [6.45, 7) is 0.232. The van der Waals surface area contributed by atoms with Gasteiger partial charge in [0.2, 0.25) is 0 Å². The highest BCUT2D eigenvalue weighted by atomic mass is 19.2. The van der Waals surface area contributed by atoms with Crippen molar-refractivity contribution in [2.75, 3.05) is 6.54 Å². The summed E-state index contributed by atoms with van der Waals surface area (Å²) >= 11 is 0. The van der Waals surface area contributed by atoms with Gasteiger partial charge in [0.15, 0.2) is 11.6 Å². The summed E-state index contributed by atoms with van der Waals surface area (Å²) in [6.07, 6.45) is 8.61. The average molecular weight is 289 g/mol. The zero-order valence-electron chi connectivity index (χ0n) is 11.4. The number of carbonyl (C=O) groups excluding carboxylic acids is 1.